The zero-order chi connectivity index (χ0) is 16.3. The fraction of sp³-hybridized carbons (Fsp3) is 0.133. The number of carboxylic acid groups (broad SMARTS) is 1. The van der Waals surface area contributed by atoms with Gasteiger partial charge in [-0.2, -0.15) is 0 Å². The number of carboxylic acids is 1. The molecule has 2 rings (SSSR count). The van der Waals surface area contributed by atoms with Crippen LogP contribution in [0.3, 0.4) is 0 Å². The summed E-state index contributed by atoms with van der Waals surface area (Å²) in [5.74, 6) is -0.813. The number of aryl methyl sites for hydroxylation is 1. The van der Waals surface area contributed by atoms with Gasteiger partial charge in [-0.25, -0.2) is 13.2 Å². The van der Waals surface area contributed by atoms with Gasteiger partial charge in [0.2, 0.25) is 0 Å². The Morgan fingerprint density at radius 2 is 1.86 bits per heavy atom. The second-order valence-electron chi connectivity index (χ2n) is 4.59. The number of hydrogen-bond acceptors (Lipinski definition) is 4. The zero-order valence-corrected chi connectivity index (χ0v) is 12.8. The van der Waals surface area contributed by atoms with Crippen molar-refractivity contribution in [1.82, 2.24) is 0 Å². The lowest BCUT2D eigenvalue weighted by atomic mass is 10.1. The molecule has 2 aromatic rings. The van der Waals surface area contributed by atoms with Crippen LogP contribution in [-0.4, -0.2) is 26.6 Å². The summed E-state index contributed by atoms with van der Waals surface area (Å²) >= 11 is 0. The Morgan fingerprint density at radius 1 is 1.18 bits per heavy atom. The van der Waals surface area contributed by atoms with Gasteiger partial charge in [0.05, 0.1) is 23.3 Å². The molecule has 0 saturated carbocycles. The molecule has 0 unspecified atom stereocenters. The van der Waals surface area contributed by atoms with Crippen LogP contribution in [0.25, 0.3) is 0 Å². The summed E-state index contributed by atoms with van der Waals surface area (Å²) < 4.78 is 32.5. The predicted octanol–water partition coefficient (Wildman–Crippen LogP) is 2.50. The molecule has 6 nitrogen and oxygen atoms in total. The first-order valence-electron chi connectivity index (χ1n) is 6.35. The van der Waals surface area contributed by atoms with E-state index in [1.165, 1.54) is 19.2 Å². The van der Waals surface area contributed by atoms with E-state index >= 15 is 0 Å². The number of ether oxygens (including phenoxy) is 1. The largest absolute Gasteiger partial charge is 0.495 e. The maximum Gasteiger partial charge on any atom is 0.335 e. The molecule has 0 bridgehead atoms. The SMILES string of the molecule is COc1ccccc1NS(=O)(=O)c1cc(C(=O)O)ccc1C. The van der Waals surface area contributed by atoms with Gasteiger partial charge in [-0.1, -0.05) is 18.2 Å². The summed E-state index contributed by atoms with van der Waals surface area (Å²) in [5, 5.41) is 9.00. The third-order valence-electron chi connectivity index (χ3n) is 3.08. The van der Waals surface area contributed by atoms with Crippen molar-refractivity contribution in [2.45, 2.75) is 11.8 Å². The summed E-state index contributed by atoms with van der Waals surface area (Å²) in [6.45, 7) is 1.60. The van der Waals surface area contributed by atoms with Crippen LogP contribution in [0, 0.1) is 6.92 Å². The fourth-order valence-electron chi connectivity index (χ4n) is 1.95. The van der Waals surface area contributed by atoms with Gasteiger partial charge in [-0.3, -0.25) is 4.72 Å². The molecule has 0 fully saturated rings. The third kappa shape index (κ3) is 3.20. The summed E-state index contributed by atoms with van der Waals surface area (Å²) in [4.78, 5) is 10.9. The molecule has 0 amide bonds. The van der Waals surface area contributed by atoms with Crippen molar-refractivity contribution in [3.8, 4) is 5.75 Å². The third-order valence-corrected chi connectivity index (χ3v) is 4.58. The Bertz CT molecular complexity index is 814. The highest BCUT2D eigenvalue weighted by Crippen LogP contribution is 2.27. The van der Waals surface area contributed by atoms with Crippen LogP contribution in [0.1, 0.15) is 15.9 Å². The molecule has 0 spiro atoms. The van der Waals surface area contributed by atoms with Crippen LogP contribution < -0.4 is 9.46 Å². The molecule has 0 radical (unpaired) electrons. The monoisotopic (exact) mass is 321 g/mol. The van der Waals surface area contributed by atoms with Gasteiger partial charge in [0.15, 0.2) is 0 Å². The number of benzene rings is 2. The maximum atomic E-state index is 12.5. The minimum Gasteiger partial charge on any atom is -0.495 e. The molecule has 2 N–H and O–H groups in total. The van der Waals surface area contributed by atoms with Crippen LogP contribution in [0.2, 0.25) is 0 Å². The van der Waals surface area contributed by atoms with E-state index in [4.69, 9.17) is 9.84 Å². The average Bonchev–Trinajstić information content (AvgIpc) is 2.47. The number of hydrogen-bond donors (Lipinski definition) is 2. The Labute approximate surface area is 128 Å². The van der Waals surface area contributed by atoms with Crippen LogP contribution in [-0.2, 0) is 10.0 Å². The number of sulfonamides is 1. The Kier molecular flexibility index (Phi) is 4.37. The zero-order valence-electron chi connectivity index (χ0n) is 12.0. The summed E-state index contributed by atoms with van der Waals surface area (Å²) in [5.41, 5.74) is 0.642. The summed E-state index contributed by atoms with van der Waals surface area (Å²) in [6.07, 6.45) is 0. The number of para-hydroxylation sites is 2. The van der Waals surface area contributed by atoms with Crippen molar-refractivity contribution in [3.63, 3.8) is 0 Å². The number of rotatable bonds is 5. The molecule has 116 valence electrons. The van der Waals surface area contributed by atoms with Gasteiger partial charge < -0.3 is 9.84 Å². The highest BCUT2D eigenvalue weighted by atomic mass is 32.2. The Morgan fingerprint density at radius 3 is 2.50 bits per heavy atom. The van der Waals surface area contributed by atoms with Crippen molar-refractivity contribution in [3.05, 3.63) is 53.6 Å². The van der Waals surface area contributed by atoms with Gasteiger partial charge in [0, 0.05) is 0 Å². The number of aromatic carboxylic acids is 1. The van der Waals surface area contributed by atoms with Crippen LogP contribution in [0.15, 0.2) is 47.4 Å². The van der Waals surface area contributed by atoms with E-state index in [1.54, 1.807) is 31.2 Å². The van der Waals surface area contributed by atoms with Crippen LogP contribution in [0.4, 0.5) is 5.69 Å². The molecule has 0 saturated heterocycles. The quantitative estimate of drug-likeness (QED) is 0.882. The lowest BCUT2D eigenvalue weighted by molar-refractivity contribution is 0.0696. The number of anilines is 1. The molecule has 0 aliphatic carbocycles. The van der Waals surface area contributed by atoms with Crippen molar-refractivity contribution in [2.75, 3.05) is 11.8 Å². The highest BCUT2D eigenvalue weighted by molar-refractivity contribution is 7.92. The second kappa shape index (κ2) is 6.07. The average molecular weight is 321 g/mol. The fourth-order valence-corrected chi connectivity index (χ4v) is 3.29. The Hall–Kier alpha value is -2.54. The van der Waals surface area contributed by atoms with Crippen LogP contribution in [0.5, 0.6) is 5.75 Å². The normalized spacial score (nSPS) is 11.0. The second-order valence-corrected chi connectivity index (χ2v) is 6.24. The molecule has 0 atom stereocenters. The number of nitrogens with one attached hydrogen (secondary N) is 1. The summed E-state index contributed by atoms with van der Waals surface area (Å²) in [7, 11) is -2.49. The lowest BCUT2D eigenvalue weighted by Crippen LogP contribution is -2.15. The van der Waals surface area contributed by atoms with Gasteiger partial charge in [0.25, 0.3) is 10.0 Å². The smallest absolute Gasteiger partial charge is 0.335 e. The molecule has 7 heteroatoms. The van der Waals surface area contributed by atoms with E-state index in [-0.39, 0.29) is 16.1 Å². The number of carbonyl (C=O) groups is 1. The van der Waals surface area contributed by atoms with E-state index in [9.17, 15) is 13.2 Å². The van der Waals surface area contributed by atoms with Crippen molar-refractivity contribution < 1.29 is 23.1 Å². The standard InChI is InChI=1S/C15H15NO5S/c1-10-7-8-11(15(17)18)9-14(10)22(19,20)16-12-5-3-4-6-13(12)21-2/h3-9,16H,1-2H3,(H,17,18). The molecule has 0 heterocycles. The predicted molar refractivity (Wildman–Crippen MR) is 81.9 cm³/mol. The van der Waals surface area contributed by atoms with E-state index in [0.29, 0.717) is 11.3 Å². The van der Waals surface area contributed by atoms with Crippen molar-refractivity contribution >= 4 is 21.7 Å². The first-order valence-corrected chi connectivity index (χ1v) is 7.83. The molecule has 0 aliphatic heterocycles. The first-order chi connectivity index (χ1) is 10.3. The molecule has 2 aromatic carbocycles. The lowest BCUT2D eigenvalue weighted by Gasteiger charge is -2.13. The highest BCUT2D eigenvalue weighted by Gasteiger charge is 2.20. The topological polar surface area (TPSA) is 92.7 Å². The van der Waals surface area contributed by atoms with Gasteiger partial charge in [-0.15, -0.1) is 0 Å². The van der Waals surface area contributed by atoms with Crippen molar-refractivity contribution in [1.29, 1.82) is 0 Å². The van der Waals surface area contributed by atoms with E-state index in [1.807, 2.05) is 0 Å². The van der Waals surface area contributed by atoms with E-state index < -0.39 is 16.0 Å². The van der Waals surface area contributed by atoms with Crippen molar-refractivity contribution in [2.24, 2.45) is 0 Å². The van der Waals surface area contributed by atoms with Crippen LogP contribution >= 0.6 is 0 Å². The first kappa shape index (κ1) is 15.8. The molecule has 0 aliphatic rings. The van der Waals surface area contributed by atoms with E-state index in [0.717, 1.165) is 6.07 Å². The molecule has 0 aromatic heterocycles. The van der Waals surface area contributed by atoms with E-state index in [2.05, 4.69) is 4.72 Å². The number of methoxy groups -OCH3 is 1. The maximum absolute atomic E-state index is 12.5. The molecular weight excluding hydrogens is 306 g/mol. The minimum atomic E-state index is -3.93. The minimum absolute atomic E-state index is 0.0849. The van der Waals surface area contributed by atoms with Gasteiger partial charge in [0.1, 0.15) is 5.75 Å². The summed E-state index contributed by atoms with van der Waals surface area (Å²) in [6, 6.07) is 10.5. The van der Waals surface area contributed by atoms with Gasteiger partial charge >= 0.3 is 5.97 Å². The molecule has 22 heavy (non-hydrogen) atoms. The van der Waals surface area contributed by atoms with Gasteiger partial charge in [-0.05, 0) is 36.8 Å². The molecular formula is C15H15NO5S. The Balaban J connectivity index is 2.47.